The molecule has 0 unspecified atom stereocenters. The van der Waals surface area contributed by atoms with Crippen LogP contribution < -0.4 is 4.74 Å². The van der Waals surface area contributed by atoms with Gasteiger partial charge in [0.2, 0.25) is 0 Å². The van der Waals surface area contributed by atoms with Gasteiger partial charge in [-0.1, -0.05) is 18.6 Å². The van der Waals surface area contributed by atoms with E-state index in [-0.39, 0.29) is 11.9 Å². The topological polar surface area (TPSA) is 75.8 Å². The van der Waals surface area contributed by atoms with Crippen LogP contribution in [0.4, 0.5) is 0 Å². The van der Waals surface area contributed by atoms with Crippen molar-refractivity contribution in [1.82, 2.24) is 9.88 Å². The number of likely N-dealkylation sites (tertiary alicyclic amines) is 1. The van der Waals surface area contributed by atoms with E-state index in [1.54, 1.807) is 12.0 Å². The summed E-state index contributed by atoms with van der Waals surface area (Å²) in [5.41, 5.74) is 1.27. The van der Waals surface area contributed by atoms with Crippen LogP contribution in [-0.2, 0) is 0 Å². The highest BCUT2D eigenvalue weighted by Crippen LogP contribution is 2.37. The van der Waals surface area contributed by atoms with Gasteiger partial charge in [0.05, 0.1) is 19.3 Å². The van der Waals surface area contributed by atoms with E-state index in [9.17, 15) is 9.90 Å². The Morgan fingerprint density at radius 2 is 2.24 bits per heavy atom. The number of β-amino-alcohol motifs (C(OH)–C–C–N with tert-alkyl or cyclic N) is 1. The first-order valence-electron chi connectivity index (χ1n) is 8.74. The van der Waals surface area contributed by atoms with Crippen LogP contribution >= 0.6 is 0 Å². The number of carbonyl (C=O) groups excluding carboxylic acids is 1. The molecule has 0 spiro atoms. The van der Waals surface area contributed by atoms with E-state index >= 15 is 0 Å². The summed E-state index contributed by atoms with van der Waals surface area (Å²) in [7, 11) is 1.61. The number of carbonyl (C=O) groups is 1. The molecule has 0 radical (unpaired) electrons. The molecule has 1 saturated carbocycles. The van der Waals surface area contributed by atoms with Crippen molar-refractivity contribution in [2.45, 2.75) is 43.7 Å². The molecule has 2 atom stereocenters. The van der Waals surface area contributed by atoms with Crippen LogP contribution in [0.25, 0.3) is 0 Å². The van der Waals surface area contributed by atoms with Crippen molar-refractivity contribution in [3.63, 3.8) is 0 Å². The minimum absolute atomic E-state index is 0.193. The largest absolute Gasteiger partial charge is 0.497 e. The number of rotatable bonds is 4. The molecule has 1 aliphatic heterocycles. The Hall–Kier alpha value is -2.34. The summed E-state index contributed by atoms with van der Waals surface area (Å²) < 4.78 is 10.8. The zero-order valence-corrected chi connectivity index (χ0v) is 14.2. The molecule has 2 aromatic rings. The predicted octanol–water partition coefficient (Wildman–Crippen LogP) is 2.90. The van der Waals surface area contributed by atoms with Crippen LogP contribution in [0.15, 0.2) is 34.9 Å². The van der Waals surface area contributed by atoms with Crippen molar-refractivity contribution >= 4 is 5.91 Å². The van der Waals surface area contributed by atoms with Gasteiger partial charge < -0.3 is 19.2 Å². The third kappa shape index (κ3) is 3.02. The van der Waals surface area contributed by atoms with E-state index < -0.39 is 6.10 Å². The lowest BCUT2D eigenvalue weighted by molar-refractivity contribution is 0.0709. The first kappa shape index (κ1) is 16.1. The van der Waals surface area contributed by atoms with Crippen LogP contribution in [0.3, 0.4) is 0 Å². The summed E-state index contributed by atoms with van der Waals surface area (Å²) in [6.07, 6.45) is 4.74. The Kier molecular flexibility index (Phi) is 4.21. The number of oxazole rings is 1. The van der Waals surface area contributed by atoms with Crippen LogP contribution in [0.5, 0.6) is 5.75 Å². The highest BCUT2D eigenvalue weighted by atomic mass is 16.5. The SMILES string of the molecule is COc1cccc([C@@H]2C[C@@H](O)CN2C(=O)c2coc(C3CCC3)n2)c1. The van der Waals surface area contributed by atoms with Gasteiger partial charge in [-0.3, -0.25) is 4.79 Å². The van der Waals surface area contributed by atoms with Gasteiger partial charge in [-0.2, -0.15) is 0 Å². The zero-order valence-electron chi connectivity index (χ0n) is 14.2. The van der Waals surface area contributed by atoms with Crippen molar-refractivity contribution < 1.29 is 19.1 Å². The monoisotopic (exact) mass is 342 g/mol. The summed E-state index contributed by atoms with van der Waals surface area (Å²) in [6, 6.07) is 7.43. The predicted molar refractivity (Wildman–Crippen MR) is 90.5 cm³/mol. The van der Waals surface area contributed by atoms with Crippen LogP contribution in [-0.4, -0.2) is 40.7 Å². The molecule has 1 aromatic heterocycles. The van der Waals surface area contributed by atoms with Crippen molar-refractivity contribution in [2.24, 2.45) is 0 Å². The highest BCUT2D eigenvalue weighted by Gasteiger charge is 2.37. The van der Waals surface area contributed by atoms with Crippen LogP contribution in [0.2, 0.25) is 0 Å². The molecule has 2 aliphatic rings. The number of amides is 1. The molecule has 132 valence electrons. The zero-order chi connectivity index (χ0) is 17.4. The van der Waals surface area contributed by atoms with E-state index in [1.165, 1.54) is 12.7 Å². The lowest BCUT2D eigenvalue weighted by Gasteiger charge is -2.24. The molecular weight excluding hydrogens is 320 g/mol. The number of aliphatic hydroxyl groups is 1. The number of nitrogens with zero attached hydrogens (tertiary/aromatic N) is 2. The molecule has 4 rings (SSSR count). The number of methoxy groups -OCH3 is 1. The number of hydrogen-bond acceptors (Lipinski definition) is 5. The molecule has 1 saturated heterocycles. The number of hydrogen-bond donors (Lipinski definition) is 1. The first-order chi connectivity index (χ1) is 12.2. The summed E-state index contributed by atoms with van der Waals surface area (Å²) in [5, 5.41) is 10.1. The number of benzene rings is 1. The van der Waals surface area contributed by atoms with Gasteiger partial charge in [-0.15, -0.1) is 0 Å². The van der Waals surface area contributed by atoms with Gasteiger partial charge in [0.25, 0.3) is 5.91 Å². The lowest BCUT2D eigenvalue weighted by atomic mass is 9.85. The standard InChI is InChI=1S/C19H22N2O4/c1-24-15-7-3-6-13(8-15)17-9-14(22)10-21(17)19(23)16-11-25-18(20-16)12-4-2-5-12/h3,6-8,11-12,14,17,22H,2,4-5,9-10H2,1H3/t14-,17+/m1/s1. The second-order valence-electron chi connectivity index (χ2n) is 6.84. The molecule has 6 nitrogen and oxygen atoms in total. The van der Waals surface area contributed by atoms with E-state index in [0.29, 0.717) is 30.5 Å². The molecule has 25 heavy (non-hydrogen) atoms. The Balaban J connectivity index is 1.58. The lowest BCUT2D eigenvalue weighted by Crippen LogP contribution is -2.32. The summed E-state index contributed by atoms with van der Waals surface area (Å²) in [6.45, 7) is 0.298. The number of aliphatic hydroxyl groups excluding tert-OH is 1. The fourth-order valence-electron chi connectivity index (χ4n) is 3.58. The summed E-state index contributed by atoms with van der Waals surface area (Å²) in [5.74, 6) is 1.55. The third-order valence-electron chi connectivity index (χ3n) is 5.21. The number of aromatic nitrogens is 1. The Morgan fingerprint density at radius 1 is 1.40 bits per heavy atom. The maximum absolute atomic E-state index is 12.9. The van der Waals surface area contributed by atoms with Gasteiger partial charge in [0.1, 0.15) is 12.0 Å². The maximum Gasteiger partial charge on any atom is 0.276 e. The summed E-state index contributed by atoms with van der Waals surface area (Å²) in [4.78, 5) is 19.0. The third-order valence-corrected chi connectivity index (χ3v) is 5.21. The van der Waals surface area contributed by atoms with Gasteiger partial charge in [-0.05, 0) is 37.0 Å². The molecule has 1 N–H and O–H groups in total. The van der Waals surface area contributed by atoms with Crippen molar-refractivity contribution in [2.75, 3.05) is 13.7 Å². The Bertz CT molecular complexity index is 768. The van der Waals surface area contributed by atoms with E-state index in [4.69, 9.17) is 9.15 Å². The normalized spacial score (nSPS) is 23.5. The molecule has 1 aromatic carbocycles. The smallest absolute Gasteiger partial charge is 0.276 e. The second kappa shape index (κ2) is 6.52. The Morgan fingerprint density at radius 3 is 2.96 bits per heavy atom. The molecule has 0 bridgehead atoms. The average molecular weight is 342 g/mol. The van der Waals surface area contributed by atoms with Crippen molar-refractivity contribution in [3.8, 4) is 5.75 Å². The Labute approximate surface area is 146 Å². The molecular formula is C19H22N2O4. The highest BCUT2D eigenvalue weighted by molar-refractivity contribution is 5.92. The van der Waals surface area contributed by atoms with E-state index in [1.807, 2.05) is 24.3 Å². The molecule has 2 heterocycles. The van der Waals surface area contributed by atoms with E-state index in [0.717, 1.165) is 24.2 Å². The second-order valence-corrected chi connectivity index (χ2v) is 6.84. The minimum atomic E-state index is -0.543. The van der Waals surface area contributed by atoms with Gasteiger partial charge in [0.15, 0.2) is 11.6 Å². The van der Waals surface area contributed by atoms with Gasteiger partial charge in [0, 0.05) is 12.5 Å². The van der Waals surface area contributed by atoms with Gasteiger partial charge >= 0.3 is 0 Å². The first-order valence-corrected chi connectivity index (χ1v) is 8.74. The quantitative estimate of drug-likeness (QED) is 0.924. The van der Waals surface area contributed by atoms with Crippen LogP contribution in [0.1, 0.15) is 59.6 Å². The average Bonchev–Trinajstić information content (AvgIpc) is 3.20. The molecule has 2 fully saturated rings. The van der Waals surface area contributed by atoms with E-state index in [2.05, 4.69) is 4.98 Å². The fraction of sp³-hybridized carbons (Fsp3) is 0.474. The van der Waals surface area contributed by atoms with Crippen LogP contribution in [0, 0.1) is 0 Å². The van der Waals surface area contributed by atoms with Crippen molar-refractivity contribution in [3.05, 3.63) is 47.7 Å². The molecule has 6 heteroatoms. The van der Waals surface area contributed by atoms with Crippen molar-refractivity contribution in [1.29, 1.82) is 0 Å². The maximum atomic E-state index is 12.9. The number of ether oxygens (including phenoxy) is 1. The molecule has 1 amide bonds. The minimum Gasteiger partial charge on any atom is -0.497 e. The fourth-order valence-corrected chi connectivity index (χ4v) is 3.58. The van der Waals surface area contributed by atoms with Gasteiger partial charge in [-0.25, -0.2) is 4.98 Å². The summed E-state index contributed by atoms with van der Waals surface area (Å²) >= 11 is 0. The molecule has 1 aliphatic carbocycles.